The summed E-state index contributed by atoms with van der Waals surface area (Å²) in [5.74, 6) is -0.195. The molecule has 1 heterocycles. The van der Waals surface area contributed by atoms with E-state index in [1.54, 1.807) is 6.07 Å². The zero-order chi connectivity index (χ0) is 15.4. The van der Waals surface area contributed by atoms with Crippen LogP contribution >= 0.6 is 11.3 Å². The maximum Gasteiger partial charge on any atom is 0.310 e. The molecule has 0 unspecified atom stereocenters. The summed E-state index contributed by atoms with van der Waals surface area (Å²) >= 11 is 0.837. The minimum Gasteiger partial charge on any atom is -0.493 e. The van der Waals surface area contributed by atoms with Gasteiger partial charge in [0.15, 0.2) is 0 Å². The number of aromatic nitrogens is 1. The molecule has 0 aliphatic carbocycles. The van der Waals surface area contributed by atoms with Gasteiger partial charge >= 0.3 is 4.87 Å². The Morgan fingerprint density at radius 2 is 2.29 bits per heavy atom. The molecule has 0 aliphatic heterocycles. The average molecular weight is 305 g/mol. The second-order valence-corrected chi connectivity index (χ2v) is 4.98. The molecule has 2 aromatic rings. The largest absolute Gasteiger partial charge is 0.493 e. The Hall–Kier alpha value is -2.74. The molecule has 0 fully saturated rings. The van der Waals surface area contributed by atoms with Crippen LogP contribution in [0.15, 0.2) is 46.7 Å². The van der Waals surface area contributed by atoms with Crippen LogP contribution in [0.3, 0.4) is 0 Å². The van der Waals surface area contributed by atoms with Crippen LogP contribution in [0, 0.1) is 10.1 Å². The number of nitro benzene ring substituents is 1. The molecule has 0 saturated carbocycles. The third-order valence-electron chi connectivity index (χ3n) is 2.58. The van der Waals surface area contributed by atoms with E-state index in [0.29, 0.717) is 5.69 Å². The van der Waals surface area contributed by atoms with Gasteiger partial charge in [0.05, 0.1) is 16.8 Å². The molecule has 108 valence electrons. The third kappa shape index (κ3) is 3.23. The maximum absolute atomic E-state index is 11.6. The molecule has 0 aliphatic rings. The number of non-ortho nitro benzene ring substituents is 1. The van der Waals surface area contributed by atoms with Crippen molar-refractivity contribution in [1.82, 2.24) is 4.57 Å². The highest BCUT2D eigenvalue weighted by molar-refractivity contribution is 7.11. The summed E-state index contributed by atoms with van der Waals surface area (Å²) in [6.07, 6.45) is 2.80. The first-order chi connectivity index (χ1) is 10.0. The Morgan fingerprint density at radius 1 is 1.52 bits per heavy atom. The first-order valence-electron chi connectivity index (χ1n) is 5.85. The van der Waals surface area contributed by atoms with Gasteiger partial charge in [0.25, 0.3) is 5.69 Å². The minimum absolute atomic E-state index is 0.0775. The van der Waals surface area contributed by atoms with Crippen molar-refractivity contribution in [3.8, 4) is 5.88 Å². The lowest BCUT2D eigenvalue weighted by molar-refractivity contribution is -0.384. The average Bonchev–Trinajstić information content (AvgIpc) is 2.73. The lowest BCUT2D eigenvalue weighted by Crippen LogP contribution is -2.10. The molecule has 0 radical (unpaired) electrons. The smallest absolute Gasteiger partial charge is 0.310 e. The molecule has 0 amide bonds. The zero-order valence-corrected chi connectivity index (χ0v) is 11.6. The van der Waals surface area contributed by atoms with E-state index in [9.17, 15) is 20.0 Å². The molecule has 0 saturated heterocycles. The van der Waals surface area contributed by atoms with Crippen molar-refractivity contribution >= 4 is 28.9 Å². The van der Waals surface area contributed by atoms with Crippen LogP contribution in [0.1, 0.15) is 4.88 Å². The number of aromatic hydroxyl groups is 1. The first kappa shape index (κ1) is 14.7. The maximum atomic E-state index is 11.6. The molecular weight excluding hydrogens is 294 g/mol. The van der Waals surface area contributed by atoms with E-state index in [1.807, 2.05) is 0 Å². The normalized spacial score (nSPS) is 10.9. The Morgan fingerprint density at radius 3 is 2.95 bits per heavy atom. The van der Waals surface area contributed by atoms with Gasteiger partial charge in [-0.2, -0.15) is 0 Å². The molecule has 21 heavy (non-hydrogen) atoms. The second-order valence-electron chi connectivity index (χ2n) is 3.99. The van der Waals surface area contributed by atoms with Crippen LogP contribution in [-0.2, 0) is 6.54 Å². The number of aliphatic imine (C=N–C) groups is 1. The van der Waals surface area contributed by atoms with E-state index in [0.717, 1.165) is 15.9 Å². The topological polar surface area (TPSA) is 97.7 Å². The molecule has 1 aromatic heterocycles. The Balaban J connectivity index is 2.32. The predicted molar refractivity (Wildman–Crippen MR) is 80.8 cm³/mol. The number of rotatable bonds is 5. The number of nitro groups is 1. The summed E-state index contributed by atoms with van der Waals surface area (Å²) < 4.78 is 1.16. The summed E-state index contributed by atoms with van der Waals surface area (Å²) in [7, 11) is 0. The van der Waals surface area contributed by atoms with Crippen molar-refractivity contribution in [1.29, 1.82) is 0 Å². The molecule has 0 spiro atoms. The third-order valence-corrected chi connectivity index (χ3v) is 3.48. The molecule has 7 nitrogen and oxygen atoms in total. The molecule has 0 atom stereocenters. The number of nitrogens with zero attached hydrogens (tertiary/aromatic N) is 3. The molecule has 8 heteroatoms. The highest BCUT2D eigenvalue weighted by Crippen LogP contribution is 2.22. The fourth-order valence-electron chi connectivity index (χ4n) is 1.61. The quantitative estimate of drug-likeness (QED) is 0.397. The molecular formula is C13H11N3O4S. The number of benzene rings is 1. The standard InChI is InChI=1S/C13H11N3O4S/c1-2-6-15-12(17)11(21-13(15)18)8-14-9-4-3-5-10(7-9)16(19)20/h2-5,7-8,17H,1,6H2. The molecule has 2 rings (SSSR count). The Kier molecular flexibility index (Phi) is 4.29. The number of hydrogen-bond donors (Lipinski definition) is 1. The van der Waals surface area contributed by atoms with Crippen LogP contribution in [0.4, 0.5) is 11.4 Å². The monoisotopic (exact) mass is 305 g/mol. The molecule has 0 bridgehead atoms. The van der Waals surface area contributed by atoms with Crippen molar-refractivity contribution in [2.75, 3.05) is 0 Å². The van der Waals surface area contributed by atoms with Gasteiger partial charge < -0.3 is 5.11 Å². The van der Waals surface area contributed by atoms with Crippen molar-refractivity contribution in [3.63, 3.8) is 0 Å². The van der Waals surface area contributed by atoms with E-state index < -0.39 is 4.92 Å². The summed E-state index contributed by atoms with van der Waals surface area (Å²) in [5, 5.41) is 20.6. The number of allylic oxidation sites excluding steroid dienone is 1. The number of hydrogen-bond acceptors (Lipinski definition) is 6. The van der Waals surface area contributed by atoms with Crippen LogP contribution in [-0.4, -0.2) is 20.8 Å². The second kappa shape index (κ2) is 6.14. The lowest BCUT2D eigenvalue weighted by Gasteiger charge is -1.97. The first-order valence-corrected chi connectivity index (χ1v) is 6.66. The zero-order valence-electron chi connectivity index (χ0n) is 10.8. The molecule has 1 N–H and O–H groups in total. The summed E-state index contributed by atoms with van der Waals surface area (Å²) in [6, 6.07) is 5.76. The van der Waals surface area contributed by atoms with Gasteiger partial charge in [-0.1, -0.05) is 23.5 Å². The minimum atomic E-state index is -0.518. The van der Waals surface area contributed by atoms with Crippen LogP contribution < -0.4 is 4.87 Å². The predicted octanol–water partition coefficient (Wildman–Crippen LogP) is 2.46. The van der Waals surface area contributed by atoms with E-state index in [4.69, 9.17) is 0 Å². The van der Waals surface area contributed by atoms with Crippen LogP contribution in [0.25, 0.3) is 0 Å². The van der Waals surface area contributed by atoms with Crippen molar-refractivity contribution in [2.24, 2.45) is 4.99 Å². The van der Waals surface area contributed by atoms with Crippen molar-refractivity contribution in [3.05, 3.63) is 61.6 Å². The van der Waals surface area contributed by atoms with E-state index in [2.05, 4.69) is 11.6 Å². The fourth-order valence-corrected chi connectivity index (χ4v) is 2.37. The SMILES string of the molecule is C=CCn1c(O)c(C=Nc2cccc([N+](=O)[O-])c2)sc1=O. The number of thiazole rings is 1. The Labute approximate surface area is 123 Å². The Bertz CT molecular complexity index is 776. The van der Waals surface area contributed by atoms with Gasteiger partial charge in [-0.3, -0.25) is 24.5 Å². The highest BCUT2D eigenvalue weighted by Gasteiger charge is 2.11. The fraction of sp³-hybridized carbons (Fsp3) is 0.0769. The lowest BCUT2D eigenvalue weighted by atomic mass is 10.3. The molecule has 1 aromatic carbocycles. The highest BCUT2D eigenvalue weighted by atomic mass is 32.1. The van der Waals surface area contributed by atoms with Gasteiger partial charge in [0.1, 0.15) is 4.88 Å². The van der Waals surface area contributed by atoms with Gasteiger partial charge in [-0.15, -0.1) is 6.58 Å². The van der Waals surface area contributed by atoms with Crippen molar-refractivity contribution < 1.29 is 10.0 Å². The van der Waals surface area contributed by atoms with Gasteiger partial charge in [-0.05, 0) is 6.07 Å². The van der Waals surface area contributed by atoms with Gasteiger partial charge in [0.2, 0.25) is 5.88 Å². The van der Waals surface area contributed by atoms with Gasteiger partial charge in [0, 0.05) is 18.7 Å². The van der Waals surface area contributed by atoms with Crippen LogP contribution in [0.5, 0.6) is 5.88 Å². The summed E-state index contributed by atoms with van der Waals surface area (Å²) in [6.45, 7) is 3.70. The van der Waals surface area contributed by atoms with E-state index >= 15 is 0 Å². The van der Waals surface area contributed by atoms with E-state index in [1.165, 1.54) is 30.5 Å². The van der Waals surface area contributed by atoms with Crippen molar-refractivity contribution in [2.45, 2.75) is 6.54 Å². The summed E-state index contributed by atoms with van der Waals surface area (Å²) in [4.78, 5) is 25.8. The van der Waals surface area contributed by atoms with Gasteiger partial charge in [-0.25, -0.2) is 0 Å². The van der Waals surface area contributed by atoms with Crippen LogP contribution in [0.2, 0.25) is 0 Å². The summed E-state index contributed by atoms with van der Waals surface area (Å²) in [5.41, 5.74) is 0.283. The van der Waals surface area contributed by atoms with E-state index in [-0.39, 0.29) is 27.9 Å².